The number of hydrogen-bond donors (Lipinski definition) is 1. The minimum absolute atomic E-state index is 0.00768. The summed E-state index contributed by atoms with van der Waals surface area (Å²) >= 11 is 4.98. The highest BCUT2D eigenvalue weighted by Crippen LogP contribution is 2.27. The molecule has 2 heterocycles. The van der Waals surface area contributed by atoms with Crippen molar-refractivity contribution in [3.05, 3.63) is 56.7 Å². The first-order valence-corrected chi connectivity index (χ1v) is 9.81. The van der Waals surface area contributed by atoms with Crippen molar-refractivity contribution in [3.8, 4) is 0 Å². The van der Waals surface area contributed by atoms with Crippen molar-refractivity contribution < 1.29 is 9.59 Å². The van der Waals surface area contributed by atoms with Gasteiger partial charge in [-0.3, -0.25) is 9.59 Å². The summed E-state index contributed by atoms with van der Waals surface area (Å²) in [6, 6.07) is 11.8. The molecule has 1 saturated heterocycles. The van der Waals surface area contributed by atoms with Crippen molar-refractivity contribution in [3.63, 3.8) is 0 Å². The van der Waals surface area contributed by atoms with Crippen LogP contribution in [-0.2, 0) is 9.59 Å². The van der Waals surface area contributed by atoms with Crippen molar-refractivity contribution in [1.82, 2.24) is 4.90 Å². The van der Waals surface area contributed by atoms with Gasteiger partial charge in [0.2, 0.25) is 5.91 Å². The van der Waals surface area contributed by atoms with Crippen LogP contribution in [0.3, 0.4) is 0 Å². The second-order valence-electron chi connectivity index (χ2n) is 6.06. The Balaban J connectivity index is 1.84. The number of piperidine rings is 1. The lowest BCUT2D eigenvalue weighted by molar-refractivity contribution is -0.130. The molecule has 0 aliphatic carbocycles. The van der Waals surface area contributed by atoms with E-state index in [0.29, 0.717) is 31.5 Å². The predicted molar refractivity (Wildman–Crippen MR) is 105 cm³/mol. The maximum absolute atomic E-state index is 13.1. The summed E-state index contributed by atoms with van der Waals surface area (Å²) in [5.74, 6) is -0.381. The minimum Gasteiger partial charge on any atom is -0.369 e. The van der Waals surface area contributed by atoms with Crippen molar-refractivity contribution in [1.29, 1.82) is 0 Å². The number of rotatable bonds is 4. The SMILES string of the molecule is NC(=O)C1CCN(C(=O)/C(=C/c2ccc(Br)cc2)c2cccs2)CC1. The molecule has 1 aliphatic rings. The number of primary amides is 1. The molecule has 0 atom stereocenters. The lowest BCUT2D eigenvalue weighted by Crippen LogP contribution is -2.42. The molecule has 1 aromatic carbocycles. The molecule has 0 unspecified atom stereocenters. The van der Waals surface area contributed by atoms with E-state index in [2.05, 4.69) is 15.9 Å². The first-order chi connectivity index (χ1) is 12.0. The first-order valence-electron chi connectivity index (χ1n) is 8.14. The fourth-order valence-electron chi connectivity index (χ4n) is 2.93. The third-order valence-electron chi connectivity index (χ3n) is 4.38. The second-order valence-corrected chi connectivity index (χ2v) is 7.92. The van der Waals surface area contributed by atoms with E-state index >= 15 is 0 Å². The normalized spacial score (nSPS) is 16.0. The van der Waals surface area contributed by atoms with Crippen LogP contribution in [0.2, 0.25) is 0 Å². The fraction of sp³-hybridized carbons (Fsp3) is 0.263. The van der Waals surface area contributed by atoms with E-state index in [1.807, 2.05) is 52.8 Å². The number of nitrogens with zero attached hydrogens (tertiary/aromatic N) is 1. The molecule has 0 bridgehead atoms. The van der Waals surface area contributed by atoms with E-state index in [9.17, 15) is 9.59 Å². The third-order valence-corrected chi connectivity index (χ3v) is 5.81. The molecule has 1 fully saturated rings. The molecule has 130 valence electrons. The average molecular weight is 419 g/mol. The van der Waals surface area contributed by atoms with Crippen molar-refractivity contribution in [2.45, 2.75) is 12.8 Å². The number of halogens is 1. The highest BCUT2D eigenvalue weighted by molar-refractivity contribution is 9.10. The third kappa shape index (κ3) is 4.38. The Morgan fingerprint density at radius 3 is 2.40 bits per heavy atom. The molecule has 4 nitrogen and oxygen atoms in total. The second kappa shape index (κ2) is 7.97. The number of benzene rings is 1. The fourth-order valence-corrected chi connectivity index (χ4v) is 3.93. The quantitative estimate of drug-likeness (QED) is 0.767. The monoisotopic (exact) mass is 418 g/mol. The van der Waals surface area contributed by atoms with Gasteiger partial charge in [-0.2, -0.15) is 0 Å². The first kappa shape index (κ1) is 17.9. The molecule has 0 spiro atoms. The van der Waals surface area contributed by atoms with Gasteiger partial charge in [-0.15, -0.1) is 11.3 Å². The topological polar surface area (TPSA) is 63.4 Å². The number of hydrogen-bond acceptors (Lipinski definition) is 3. The summed E-state index contributed by atoms with van der Waals surface area (Å²) in [6.45, 7) is 1.13. The average Bonchev–Trinajstić information content (AvgIpc) is 3.15. The van der Waals surface area contributed by atoms with Crippen LogP contribution in [0.25, 0.3) is 11.6 Å². The van der Waals surface area contributed by atoms with Gasteiger partial charge in [0.25, 0.3) is 5.91 Å². The predicted octanol–water partition coefficient (Wildman–Crippen LogP) is 3.78. The van der Waals surface area contributed by atoms with Gasteiger partial charge in [-0.05, 0) is 48.1 Å². The minimum atomic E-state index is -0.268. The van der Waals surface area contributed by atoms with Crippen molar-refractivity contribution >= 4 is 50.7 Å². The number of thiophene rings is 1. The lowest BCUT2D eigenvalue weighted by atomic mass is 9.95. The Bertz CT molecular complexity index is 776. The molecular weight excluding hydrogens is 400 g/mol. The smallest absolute Gasteiger partial charge is 0.255 e. The van der Waals surface area contributed by atoms with Crippen molar-refractivity contribution in [2.75, 3.05) is 13.1 Å². The number of likely N-dealkylation sites (tertiary alicyclic amines) is 1. The van der Waals surface area contributed by atoms with Crippen LogP contribution in [0.5, 0.6) is 0 Å². The summed E-state index contributed by atoms with van der Waals surface area (Å²) in [4.78, 5) is 27.2. The van der Waals surface area contributed by atoms with Gasteiger partial charge in [-0.1, -0.05) is 34.1 Å². The van der Waals surface area contributed by atoms with Gasteiger partial charge < -0.3 is 10.6 Å². The molecule has 6 heteroatoms. The number of amides is 2. The summed E-state index contributed by atoms with van der Waals surface area (Å²) < 4.78 is 1.00. The highest BCUT2D eigenvalue weighted by Gasteiger charge is 2.28. The maximum atomic E-state index is 13.1. The Kier molecular flexibility index (Phi) is 5.71. The Labute approximate surface area is 159 Å². The van der Waals surface area contributed by atoms with Crippen LogP contribution < -0.4 is 5.73 Å². The van der Waals surface area contributed by atoms with E-state index in [4.69, 9.17) is 5.73 Å². The molecule has 25 heavy (non-hydrogen) atoms. The lowest BCUT2D eigenvalue weighted by Gasteiger charge is -2.31. The molecule has 1 aliphatic heterocycles. The molecule has 3 rings (SSSR count). The van der Waals surface area contributed by atoms with Gasteiger partial charge >= 0.3 is 0 Å². The van der Waals surface area contributed by atoms with E-state index in [1.54, 1.807) is 11.3 Å². The zero-order valence-electron chi connectivity index (χ0n) is 13.7. The molecule has 2 amide bonds. The molecule has 2 N–H and O–H groups in total. The molecular formula is C19H19BrN2O2S. The summed E-state index contributed by atoms with van der Waals surface area (Å²) in [5.41, 5.74) is 7.05. The highest BCUT2D eigenvalue weighted by atomic mass is 79.9. The number of nitrogens with two attached hydrogens (primary N) is 1. The van der Waals surface area contributed by atoms with E-state index in [0.717, 1.165) is 14.9 Å². The van der Waals surface area contributed by atoms with Crippen LogP contribution in [0, 0.1) is 5.92 Å². The van der Waals surface area contributed by atoms with Crippen LogP contribution in [0.1, 0.15) is 23.3 Å². The van der Waals surface area contributed by atoms with Gasteiger partial charge in [0.15, 0.2) is 0 Å². The molecule has 0 radical (unpaired) electrons. The van der Waals surface area contributed by atoms with Gasteiger partial charge in [-0.25, -0.2) is 0 Å². The summed E-state index contributed by atoms with van der Waals surface area (Å²) in [6.07, 6.45) is 3.20. The molecule has 0 saturated carbocycles. The zero-order chi connectivity index (χ0) is 17.8. The van der Waals surface area contributed by atoms with Crippen LogP contribution >= 0.6 is 27.3 Å². The number of carbonyl (C=O) groups is 2. The van der Waals surface area contributed by atoms with Gasteiger partial charge in [0.1, 0.15) is 0 Å². The van der Waals surface area contributed by atoms with Crippen LogP contribution in [0.4, 0.5) is 0 Å². The summed E-state index contributed by atoms with van der Waals surface area (Å²) in [7, 11) is 0. The molecule has 1 aromatic heterocycles. The standard InChI is InChI=1S/C19H19BrN2O2S/c20-15-5-3-13(4-6-15)12-16(17-2-1-11-25-17)19(24)22-9-7-14(8-10-22)18(21)23/h1-6,11-12,14H,7-10H2,(H2,21,23)/b16-12+. The maximum Gasteiger partial charge on any atom is 0.255 e. The Morgan fingerprint density at radius 2 is 1.84 bits per heavy atom. The van der Waals surface area contributed by atoms with Crippen LogP contribution in [0.15, 0.2) is 46.3 Å². The van der Waals surface area contributed by atoms with E-state index in [-0.39, 0.29) is 17.7 Å². The number of carbonyl (C=O) groups excluding carboxylic acids is 2. The largest absolute Gasteiger partial charge is 0.369 e. The van der Waals surface area contributed by atoms with Crippen molar-refractivity contribution in [2.24, 2.45) is 11.7 Å². The van der Waals surface area contributed by atoms with Gasteiger partial charge in [0.05, 0.1) is 5.57 Å². The Hall–Kier alpha value is -1.92. The Morgan fingerprint density at radius 1 is 1.16 bits per heavy atom. The van der Waals surface area contributed by atoms with Gasteiger partial charge in [0, 0.05) is 28.4 Å². The van der Waals surface area contributed by atoms with Crippen LogP contribution in [-0.4, -0.2) is 29.8 Å². The zero-order valence-corrected chi connectivity index (χ0v) is 16.1. The van der Waals surface area contributed by atoms with E-state index < -0.39 is 0 Å². The van der Waals surface area contributed by atoms with E-state index in [1.165, 1.54) is 0 Å². The summed E-state index contributed by atoms with van der Waals surface area (Å²) in [5, 5.41) is 1.97. The molecule has 2 aromatic rings.